The summed E-state index contributed by atoms with van der Waals surface area (Å²) < 4.78 is 13.4. The van der Waals surface area contributed by atoms with Crippen molar-refractivity contribution in [1.29, 1.82) is 5.26 Å². The third-order valence-electron chi connectivity index (χ3n) is 5.63. The fraction of sp³-hybridized carbons (Fsp3) is 0.875. The zero-order valence-corrected chi connectivity index (χ0v) is 12.6. The largest absolute Gasteiger partial charge is 0.323 e. The maximum atomic E-state index is 13.4. The monoisotopic (exact) mass is 293 g/mol. The third kappa shape index (κ3) is 2.91. The molecular formula is C16H24FN3O. The number of amides is 1. The van der Waals surface area contributed by atoms with E-state index < -0.39 is 12.2 Å². The van der Waals surface area contributed by atoms with Crippen molar-refractivity contribution in [1.82, 2.24) is 10.2 Å². The van der Waals surface area contributed by atoms with Crippen LogP contribution >= 0.6 is 0 Å². The lowest BCUT2D eigenvalue weighted by Gasteiger charge is -2.28. The fourth-order valence-corrected chi connectivity index (χ4v) is 4.61. The van der Waals surface area contributed by atoms with Crippen LogP contribution < -0.4 is 5.32 Å². The highest BCUT2D eigenvalue weighted by Crippen LogP contribution is 2.48. The number of carbonyl (C=O) groups is 1. The molecule has 0 spiro atoms. The Morgan fingerprint density at radius 1 is 1.43 bits per heavy atom. The lowest BCUT2D eigenvalue weighted by Crippen LogP contribution is -2.48. The number of nitrogens with zero attached hydrogens (tertiary/aromatic N) is 2. The number of hydrogen-bond acceptors (Lipinski definition) is 3. The number of nitrogens with one attached hydrogen (secondary N) is 1. The number of hydrogen-bond donors (Lipinski definition) is 1. The first kappa shape index (κ1) is 14.8. The molecule has 1 saturated heterocycles. The predicted octanol–water partition coefficient (Wildman–Crippen LogP) is 2.01. The molecule has 4 nitrogen and oxygen atoms in total. The highest BCUT2D eigenvalue weighted by atomic mass is 19.1. The van der Waals surface area contributed by atoms with Crippen LogP contribution in [0.5, 0.6) is 0 Å². The number of nitriles is 1. The summed E-state index contributed by atoms with van der Waals surface area (Å²) >= 11 is 0. The van der Waals surface area contributed by atoms with Crippen molar-refractivity contribution in [2.24, 2.45) is 11.8 Å². The maximum Gasteiger partial charge on any atom is 0.237 e. The van der Waals surface area contributed by atoms with Gasteiger partial charge in [-0.2, -0.15) is 5.26 Å². The molecule has 5 atom stereocenters. The van der Waals surface area contributed by atoms with Crippen molar-refractivity contribution in [2.75, 3.05) is 13.1 Å². The van der Waals surface area contributed by atoms with Crippen LogP contribution in [0.15, 0.2) is 0 Å². The van der Waals surface area contributed by atoms with Gasteiger partial charge in [0.1, 0.15) is 12.2 Å². The number of fused-ring (bicyclic) bond motifs is 1. The number of likely N-dealkylation sites (tertiary alicyclic amines) is 1. The summed E-state index contributed by atoms with van der Waals surface area (Å²) in [5.41, 5.74) is 0.0302. The molecule has 1 heterocycles. The molecule has 2 unspecified atom stereocenters. The van der Waals surface area contributed by atoms with Gasteiger partial charge in [0.2, 0.25) is 5.91 Å². The normalized spacial score (nSPS) is 42.0. The quantitative estimate of drug-likeness (QED) is 0.866. The van der Waals surface area contributed by atoms with E-state index in [1.165, 1.54) is 24.2 Å². The van der Waals surface area contributed by atoms with Gasteiger partial charge in [-0.15, -0.1) is 0 Å². The van der Waals surface area contributed by atoms with Crippen LogP contribution in [0.3, 0.4) is 0 Å². The Kier molecular flexibility index (Phi) is 3.92. The van der Waals surface area contributed by atoms with E-state index >= 15 is 0 Å². The minimum atomic E-state index is -1.06. The second-order valence-electron chi connectivity index (χ2n) is 7.30. The summed E-state index contributed by atoms with van der Waals surface area (Å²) in [7, 11) is 0. The highest BCUT2D eigenvalue weighted by Gasteiger charge is 2.44. The van der Waals surface area contributed by atoms with Crippen LogP contribution in [-0.2, 0) is 4.79 Å². The molecule has 1 amide bonds. The lowest BCUT2D eigenvalue weighted by atomic mass is 9.96. The SMILES string of the molecule is CC1(NCC(=O)N2C[C@@H](F)CC2C#N)C[C@H]2CCC[C@H]2C1. The van der Waals surface area contributed by atoms with Gasteiger partial charge in [0.15, 0.2) is 0 Å². The minimum Gasteiger partial charge on any atom is -0.323 e. The first-order valence-corrected chi connectivity index (χ1v) is 8.09. The number of carbonyl (C=O) groups excluding carboxylic acids is 1. The molecule has 2 aliphatic carbocycles. The van der Waals surface area contributed by atoms with Crippen molar-refractivity contribution in [3.63, 3.8) is 0 Å². The van der Waals surface area contributed by atoms with Gasteiger partial charge in [-0.25, -0.2) is 4.39 Å². The third-order valence-corrected chi connectivity index (χ3v) is 5.63. The average molecular weight is 293 g/mol. The van der Waals surface area contributed by atoms with E-state index in [1.54, 1.807) is 0 Å². The van der Waals surface area contributed by atoms with Crippen LogP contribution in [0.2, 0.25) is 0 Å². The zero-order chi connectivity index (χ0) is 15.0. The zero-order valence-electron chi connectivity index (χ0n) is 12.6. The topological polar surface area (TPSA) is 56.1 Å². The van der Waals surface area contributed by atoms with Crippen molar-refractivity contribution in [3.05, 3.63) is 0 Å². The van der Waals surface area contributed by atoms with Crippen LogP contribution in [0.1, 0.15) is 45.4 Å². The van der Waals surface area contributed by atoms with E-state index in [0.717, 1.165) is 24.7 Å². The smallest absolute Gasteiger partial charge is 0.237 e. The van der Waals surface area contributed by atoms with Gasteiger partial charge in [-0.05, 0) is 31.6 Å². The van der Waals surface area contributed by atoms with Crippen molar-refractivity contribution in [3.8, 4) is 6.07 Å². The molecule has 3 aliphatic rings. The van der Waals surface area contributed by atoms with Crippen LogP contribution in [0.4, 0.5) is 4.39 Å². The summed E-state index contributed by atoms with van der Waals surface area (Å²) in [6.45, 7) is 2.49. The van der Waals surface area contributed by atoms with E-state index in [2.05, 4.69) is 12.2 Å². The molecule has 1 N–H and O–H groups in total. The molecule has 0 aromatic carbocycles. The van der Waals surface area contributed by atoms with Crippen LogP contribution in [-0.4, -0.2) is 41.6 Å². The molecule has 21 heavy (non-hydrogen) atoms. The Bertz CT molecular complexity index is 449. The molecule has 3 rings (SSSR count). The molecule has 0 bridgehead atoms. The second-order valence-corrected chi connectivity index (χ2v) is 7.30. The number of rotatable bonds is 3. The van der Waals surface area contributed by atoms with Gasteiger partial charge in [-0.3, -0.25) is 4.79 Å². The minimum absolute atomic E-state index is 0.0302. The van der Waals surface area contributed by atoms with Crippen LogP contribution in [0, 0.1) is 23.2 Å². The molecule has 2 saturated carbocycles. The molecule has 3 fully saturated rings. The van der Waals surface area contributed by atoms with Gasteiger partial charge in [0, 0.05) is 12.0 Å². The van der Waals surface area contributed by atoms with E-state index in [9.17, 15) is 9.18 Å². The molecular weight excluding hydrogens is 269 g/mol. The van der Waals surface area contributed by atoms with Gasteiger partial charge in [-0.1, -0.05) is 19.3 Å². The maximum absolute atomic E-state index is 13.4. The van der Waals surface area contributed by atoms with Gasteiger partial charge >= 0.3 is 0 Å². The van der Waals surface area contributed by atoms with Gasteiger partial charge in [0.05, 0.1) is 19.2 Å². The van der Waals surface area contributed by atoms with Gasteiger partial charge in [0.25, 0.3) is 0 Å². The predicted molar refractivity (Wildman–Crippen MR) is 77.1 cm³/mol. The lowest BCUT2D eigenvalue weighted by molar-refractivity contribution is -0.130. The van der Waals surface area contributed by atoms with E-state index in [4.69, 9.17) is 5.26 Å². The van der Waals surface area contributed by atoms with Crippen molar-refractivity contribution >= 4 is 5.91 Å². The Balaban J connectivity index is 1.53. The summed E-state index contributed by atoms with van der Waals surface area (Å²) in [6, 6.07) is 1.44. The standard InChI is InChI=1S/C16H24FN3O/c1-16(6-11-3-2-4-12(11)7-16)19-9-15(21)20-10-13(17)5-14(20)8-18/h11-14,19H,2-7,9-10H2,1H3/t11-,12+,13-,14?,16?/m0/s1. The highest BCUT2D eigenvalue weighted by molar-refractivity contribution is 5.79. The van der Waals surface area contributed by atoms with E-state index in [0.29, 0.717) is 0 Å². The first-order chi connectivity index (χ1) is 10.0. The summed E-state index contributed by atoms with van der Waals surface area (Å²) in [6.07, 6.45) is 5.37. The molecule has 0 aromatic heterocycles. The Labute approximate surface area is 125 Å². The van der Waals surface area contributed by atoms with E-state index in [1.807, 2.05) is 6.07 Å². The molecule has 0 aromatic rings. The van der Waals surface area contributed by atoms with Gasteiger partial charge < -0.3 is 10.2 Å². The van der Waals surface area contributed by atoms with Crippen LogP contribution in [0.25, 0.3) is 0 Å². The number of halogens is 1. The first-order valence-electron chi connectivity index (χ1n) is 8.09. The average Bonchev–Trinajstić information content (AvgIpc) is 3.09. The number of alkyl halides is 1. The summed E-state index contributed by atoms with van der Waals surface area (Å²) in [5, 5.41) is 12.4. The summed E-state index contributed by atoms with van der Waals surface area (Å²) in [4.78, 5) is 13.7. The Morgan fingerprint density at radius 3 is 2.71 bits per heavy atom. The molecule has 5 heteroatoms. The van der Waals surface area contributed by atoms with E-state index in [-0.39, 0.29) is 31.0 Å². The van der Waals surface area contributed by atoms with Crippen molar-refractivity contribution in [2.45, 2.75) is 63.2 Å². The molecule has 0 radical (unpaired) electrons. The molecule has 1 aliphatic heterocycles. The van der Waals surface area contributed by atoms with Crippen molar-refractivity contribution < 1.29 is 9.18 Å². The summed E-state index contributed by atoms with van der Waals surface area (Å²) in [5.74, 6) is 1.48. The Hall–Kier alpha value is -1.15. The Morgan fingerprint density at radius 2 is 2.10 bits per heavy atom. The second kappa shape index (κ2) is 5.57. The fourth-order valence-electron chi connectivity index (χ4n) is 4.61. The molecule has 116 valence electrons.